The van der Waals surface area contributed by atoms with Crippen molar-refractivity contribution in [2.45, 2.75) is 96.8 Å². The predicted octanol–water partition coefficient (Wildman–Crippen LogP) is 16.2. The summed E-state index contributed by atoms with van der Waals surface area (Å²) in [5.74, 6) is 0. The summed E-state index contributed by atoms with van der Waals surface area (Å²) < 4.78 is 12.8. The first kappa shape index (κ1) is 39.4. The lowest BCUT2D eigenvalue weighted by atomic mass is 9.43. The quantitative estimate of drug-likeness (QED) is 0.153. The van der Waals surface area contributed by atoms with Crippen molar-refractivity contribution < 1.29 is 4.42 Å². The van der Waals surface area contributed by atoms with E-state index < -0.39 is 0 Å². The number of benzene rings is 8. The lowest BCUT2D eigenvalue weighted by Gasteiger charge is -2.43. The molecule has 68 heavy (non-hydrogen) atoms. The summed E-state index contributed by atoms with van der Waals surface area (Å²) in [6, 6.07) is 52.0. The average molecular weight is 897 g/mol. The molecular weight excluding hydrogens is 844 g/mol. The predicted molar refractivity (Wildman–Crippen MR) is 292 cm³/mol. The summed E-state index contributed by atoms with van der Waals surface area (Å²) >= 11 is 1.92. The molecule has 0 spiro atoms. The second-order valence-electron chi connectivity index (χ2n) is 23.5. The minimum atomic E-state index is -0.178. The fraction of sp³-hybridized carbons (Fsp3) is 0.238. The van der Waals surface area contributed by atoms with Gasteiger partial charge in [0, 0.05) is 75.3 Å². The number of anilines is 2. The van der Waals surface area contributed by atoms with Crippen molar-refractivity contribution in [1.82, 2.24) is 4.57 Å². The van der Waals surface area contributed by atoms with Crippen LogP contribution >= 0.6 is 11.3 Å². The largest absolute Gasteiger partial charge is 0.455 e. The van der Waals surface area contributed by atoms with E-state index in [2.05, 4.69) is 205 Å². The van der Waals surface area contributed by atoms with E-state index in [0.29, 0.717) is 0 Å². The van der Waals surface area contributed by atoms with Gasteiger partial charge in [-0.3, -0.25) is 0 Å². The molecule has 4 aliphatic rings. The Hall–Kier alpha value is -6.56. The van der Waals surface area contributed by atoms with Crippen molar-refractivity contribution >= 4 is 104 Å². The third-order valence-corrected chi connectivity index (χ3v) is 18.5. The van der Waals surface area contributed by atoms with Crippen LogP contribution in [0.25, 0.3) is 91.9 Å². The number of rotatable bonds is 1. The molecule has 0 amide bonds. The molecular formula is C63H53BN2OS. The highest BCUT2D eigenvalue weighted by Gasteiger charge is 2.49. The Labute approximate surface area is 402 Å². The van der Waals surface area contributed by atoms with E-state index in [0.717, 1.165) is 24.0 Å². The molecule has 0 atom stereocenters. The summed E-state index contributed by atoms with van der Waals surface area (Å²) in [5, 5.41) is 7.69. The highest BCUT2D eigenvalue weighted by atomic mass is 32.1. The van der Waals surface area contributed by atoms with E-state index in [9.17, 15) is 0 Å². The van der Waals surface area contributed by atoms with Gasteiger partial charge in [-0.15, -0.1) is 11.3 Å². The van der Waals surface area contributed by atoms with Gasteiger partial charge in [-0.05, 0) is 140 Å². The molecule has 3 aromatic heterocycles. The topological polar surface area (TPSA) is 21.3 Å². The van der Waals surface area contributed by atoms with Gasteiger partial charge in [0.2, 0.25) is 0 Å². The minimum absolute atomic E-state index is 0.0219. The van der Waals surface area contributed by atoms with Crippen LogP contribution in [0.4, 0.5) is 11.4 Å². The van der Waals surface area contributed by atoms with Gasteiger partial charge in [0.25, 0.3) is 0 Å². The molecule has 8 aromatic carbocycles. The van der Waals surface area contributed by atoms with E-state index in [-0.39, 0.29) is 28.5 Å². The van der Waals surface area contributed by atoms with Gasteiger partial charge < -0.3 is 13.8 Å². The number of hydrogen-bond acceptors (Lipinski definition) is 3. The smallest absolute Gasteiger partial charge is 0.333 e. The molecule has 5 heteroatoms. The Morgan fingerprint density at radius 1 is 0.574 bits per heavy atom. The number of furan rings is 1. The van der Waals surface area contributed by atoms with Crippen LogP contribution in [0, 0.1) is 0 Å². The molecule has 2 aliphatic carbocycles. The van der Waals surface area contributed by atoms with Crippen molar-refractivity contribution in [3.63, 3.8) is 0 Å². The Bertz CT molecular complexity index is 4110. The Morgan fingerprint density at radius 2 is 1.28 bits per heavy atom. The van der Waals surface area contributed by atoms with Crippen LogP contribution in [0.15, 0.2) is 138 Å². The molecule has 5 heterocycles. The van der Waals surface area contributed by atoms with Crippen LogP contribution in [0.3, 0.4) is 0 Å². The van der Waals surface area contributed by atoms with Crippen molar-refractivity contribution in [3.8, 4) is 27.9 Å². The van der Waals surface area contributed by atoms with Crippen molar-refractivity contribution in [1.29, 1.82) is 0 Å². The molecule has 0 saturated carbocycles. The lowest BCUT2D eigenvalue weighted by Crippen LogP contribution is -2.60. The number of nitrogens with zero attached hydrogens (tertiary/aromatic N) is 2. The van der Waals surface area contributed by atoms with Crippen LogP contribution in [0.1, 0.15) is 103 Å². The molecule has 0 N–H and O–H groups in total. The zero-order valence-corrected chi connectivity index (χ0v) is 41.2. The van der Waals surface area contributed by atoms with E-state index in [4.69, 9.17) is 4.42 Å². The second-order valence-corrected chi connectivity index (χ2v) is 24.6. The fourth-order valence-corrected chi connectivity index (χ4v) is 14.8. The van der Waals surface area contributed by atoms with Crippen LogP contribution in [-0.2, 0) is 21.7 Å². The molecule has 0 bridgehead atoms. The van der Waals surface area contributed by atoms with E-state index >= 15 is 0 Å². The Kier molecular flexibility index (Phi) is 7.28. The average Bonchev–Trinajstić information content (AvgIpc) is 4.05. The van der Waals surface area contributed by atoms with Gasteiger partial charge in [-0.1, -0.05) is 135 Å². The zero-order valence-electron chi connectivity index (χ0n) is 40.4. The summed E-state index contributed by atoms with van der Waals surface area (Å²) in [4.78, 5) is 2.73. The third-order valence-electron chi connectivity index (χ3n) is 17.4. The summed E-state index contributed by atoms with van der Waals surface area (Å²) in [6.45, 7) is 21.5. The fourth-order valence-electron chi connectivity index (χ4n) is 13.6. The molecule has 2 aliphatic heterocycles. The monoisotopic (exact) mass is 896 g/mol. The van der Waals surface area contributed by atoms with E-state index in [1.807, 2.05) is 11.3 Å². The Balaban J connectivity index is 1.20. The number of thiophene rings is 1. The van der Waals surface area contributed by atoms with Gasteiger partial charge in [0.1, 0.15) is 11.2 Å². The number of hydrogen-bond donors (Lipinski definition) is 0. The molecule has 0 saturated heterocycles. The first-order valence-corrected chi connectivity index (χ1v) is 25.6. The molecule has 3 nitrogen and oxygen atoms in total. The summed E-state index contributed by atoms with van der Waals surface area (Å²) in [6.07, 6.45) is 2.32. The van der Waals surface area contributed by atoms with Gasteiger partial charge >= 0.3 is 6.85 Å². The maximum Gasteiger partial charge on any atom is 0.333 e. The summed E-state index contributed by atoms with van der Waals surface area (Å²) in [5.41, 5.74) is 23.0. The first-order chi connectivity index (χ1) is 32.6. The van der Waals surface area contributed by atoms with Crippen LogP contribution in [0.5, 0.6) is 0 Å². The van der Waals surface area contributed by atoms with E-state index in [1.165, 1.54) is 131 Å². The Morgan fingerprint density at radius 3 is 2.06 bits per heavy atom. The van der Waals surface area contributed by atoms with Gasteiger partial charge in [-0.25, -0.2) is 0 Å². The number of para-hydroxylation sites is 1. The normalized spacial score (nSPS) is 17.1. The van der Waals surface area contributed by atoms with Crippen molar-refractivity contribution in [2.75, 3.05) is 4.81 Å². The second kappa shape index (κ2) is 12.6. The highest BCUT2D eigenvalue weighted by molar-refractivity contribution is 7.26. The zero-order chi connectivity index (χ0) is 46.1. The maximum absolute atomic E-state index is 7.43. The number of fused-ring (bicyclic) bond motifs is 20. The summed E-state index contributed by atoms with van der Waals surface area (Å²) in [7, 11) is 0. The van der Waals surface area contributed by atoms with Gasteiger partial charge in [0.05, 0.1) is 11.0 Å². The minimum Gasteiger partial charge on any atom is -0.455 e. The van der Waals surface area contributed by atoms with Crippen LogP contribution in [0.2, 0.25) is 0 Å². The highest BCUT2D eigenvalue weighted by Crippen LogP contribution is 2.58. The standard InChI is InChI=1S/C63H53BN2OS/c1-60(2,3)34-22-24-35(25-23-34)66-49-31-44-39(36-16-10-13-19-43(36)63(44,8)9)28-41(49)56-57-58-54(55-38-18-11-14-20-51(38)67-59(55)56)42-29-45-46(62(6,7)27-26-61(45,4)5)32-48(42)65(58)50-30-40-37-17-12-15-21-52(37)68-53(40)33-47(50)64(57)66/h10-25,28-33H,26-27H2,1-9H3. The van der Waals surface area contributed by atoms with Gasteiger partial charge in [0.15, 0.2) is 0 Å². The van der Waals surface area contributed by atoms with Crippen molar-refractivity contribution in [3.05, 3.63) is 161 Å². The van der Waals surface area contributed by atoms with Crippen LogP contribution < -0.4 is 15.7 Å². The third kappa shape index (κ3) is 4.81. The maximum atomic E-state index is 7.43. The molecule has 0 fully saturated rings. The van der Waals surface area contributed by atoms with Crippen LogP contribution in [-0.4, -0.2) is 11.4 Å². The molecule has 0 unspecified atom stereocenters. The first-order valence-electron chi connectivity index (χ1n) is 24.7. The molecule has 330 valence electrons. The molecule has 15 rings (SSSR count). The SMILES string of the molecule is CC(C)(C)c1ccc(N2B3c4cc5sc6ccccc6c5cc4-n4c5cc6c(cc5c5c7c(oc8ccccc87)c(c3c54)-c3cc4c(cc32)C(C)(C)c2ccccc2-4)C(C)(C)CCC6(C)C)cc1. The lowest BCUT2D eigenvalue weighted by molar-refractivity contribution is 0.332. The molecule has 11 aromatic rings. The molecule has 0 radical (unpaired) electrons. The van der Waals surface area contributed by atoms with E-state index in [1.54, 1.807) is 0 Å². The number of aromatic nitrogens is 1. The van der Waals surface area contributed by atoms with Crippen molar-refractivity contribution in [2.24, 2.45) is 0 Å². The van der Waals surface area contributed by atoms with Gasteiger partial charge in [-0.2, -0.15) is 0 Å².